The first-order valence-corrected chi connectivity index (χ1v) is 8.39. The van der Waals surface area contributed by atoms with E-state index in [1.807, 2.05) is 11.8 Å². The zero-order chi connectivity index (χ0) is 13.0. The molecule has 2 heterocycles. The molecule has 1 amide bonds. The summed E-state index contributed by atoms with van der Waals surface area (Å²) in [6.45, 7) is 6.29. The van der Waals surface area contributed by atoms with E-state index in [1.165, 1.54) is 25.7 Å². The van der Waals surface area contributed by atoms with Crippen LogP contribution < -0.4 is 5.32 Å². The number of nitrogens with one attached hydrogen (secondary N) is 1. The summed E-state index contributed by atoms with van der Waals surface area (Å²) in [6.07, 6.45) is 6.04. The number of thioether (sulfide) groups is 1. The van der Waals surface area contributed by atoms with Crippen molar-refractivity contribution in [2.45, 2.75) is 63.3 Å². The van der Waals surface area contributed by atoms with Crippen LogP contribution in [0.2, 0.25) is 0 Å². The lowest BCUT2D eigenvalue weighted by molar-refractivity contribution is -0.132. The molecule has 0 aromatic carbocycles. The molecule has 0 bridgehead atoms. The van der Waals surface area contributed by atoms with E-state index in [-0.39, 0.29) is 5.25 Å². The Hall–Kier alpha value is -0.220. The third-order valence-electron chi connectivity index (χ3n) is 3.94. The Morgan fingerprint density at radius 2 is 2.17 bits per heavy atom. The van der Waals surface area contributed by atoms with Gasteiger partial charge in [-0.05, 0) is 51.8 Å². The second kappa shape index (κ2) is 6.80. The number of hydrogen-bond donors (Lipinski definition) is 1. The average molecular weight is 270 g/mol. The van der Waals surface area contributed by atoms with Gasteiger partial charge in [-0.1, -0.05) is 6.42 Å². The fourth-order valence-electron chi connectivity index (χ4n) is 2.83. The third kappa shape index (κ3) is 3.64. The first kappa shape index (κ1) is 14.2. The number of rotatable bonds is 4. The van der Waals surface area contributed by atoms with Crippen LogP contribution >= 0.6 is 11.8 Å². The van der Waals surface area contributed by atoms with Crippen molar-refractivity contribution >= 4 is 17.7 Å². The van der Waals surface area contributed by atoms with Gasteiger partial charge in [0.25, 0.3) is 0 Å². The van der Waals surface area contributed by atoms with Crippen molar-refractivity contribution in [3.05, 3.63) is 0 Å². The first-order valence-electron chi connectivity index (χ1n) is 7.34. The summed E-state index contributed by atoms with van der Waals surface area (Å²) in [5.41, 5.74) is 0. The zero-order valence-electron chi connectivity index (χ0n) is 11.7. The predicted octanol–water partition coefficient (Wildman–Crippen LogP) is 2.26. The maximum atomic E-state index is 12.6. The second-order valence-corrected chi connectivity index (χ2v) is 7.04. The molecule has 3 nitrogen and oxygen atoms in total. The van der Waals surface area contributed by atoms with Crippen LogP contribution in [0.1, 0.15) is 46.0 Å². The maximum Gasteiger partial charge on any atom is 0.235 e. The topological polar surface area (TPSA) is 32.3 Å². The summed E-state index contributed by atoms with van der Waals surface area (Å²) in [5.74, 6) is 1.53. The molecule has 18 heavy (non-hydrogen) atoms. The molecule has 0 radical (unpaired) electrons. The number of nitrogens with zero attached hydrogens (tertiary/aromatic N) is 1. The van der Waals surface area contributed by atoms with E-state index in [2.05, 4.69) is 24.1 Å². The van der Waals surface area contributed by atoms with Gasteiger partial charge in [-0.25, -0.2) is 0 Å². The summed E-state index contributed by atoms with van der Waals surface area (Å²) < 4.78 is 0. The third-order valence-corrected chi connectivity index (χ3v) is 5.31. The molecule has 0 aromatic heterocycles. The van der Waals surface area contributed by atoms with Crippen LogP contribution in [0.5, 0.6) is 0 Å². The van der Waals surface area contributed by atoms with Crippen LogP contribution in [0.3, 0.4) is 0 Å². The van der Waals surface area contributed by atoms with Gasteiger partial charge >= 0.3 is 0 Å². The second-order valence-electron chi connectivity index (χ2n) is 5.73. The van der Waals surface area contributed by atoms with E-state index in [0.717, 1.165) is 25.3 Å². The van der Waals surface area contributed by atoms with E-state index in [0.29, 0.717) is 18.0 Å². The smallest absolute Gasteiger partial charge is 0.235 e. The molecular weight excluding hydrogens is 244 g/mol. The minimum Gasteiger partial charge on any atom is -0.338 e. The van der Waals surface area contributed by atoms with Crippen molar-refractivity contribution in [2.75, 3.05) is 18.8 Å². The van der Waals surface area contributed by atoms with Crippen LogP contribution in [0, 0.1) is 0 Å². The molecule has 104 valence electrons. The number of hydrogen-bond acceptors (Lipinski definition) is 3. The first-order chi connectivity index (χ1) is 8.68. The van der Waals surface area contributed by atoms with E-state index >= 15 is 0 Å². The lowest BCUT2D eigenvalue weighted by atomic mass is 10.1. The summed E-state index contributed by atoms with van der Waals surface area (Å²) in [5, 5.41) is 3.72. The van der Waals surface area contributed by atoms with Crippen LogP contribution in [0.25, 0.3) is 0 Å². The number of carbonyl (C=O) groups is 1. The summed E-state index contributed by atoms with van der Waals surface area (Å²) in [6, 6.07) is 0.840. The van der Waals surface area contributed by atoms with Gasteiger partial charge in [0.1, 0.15) is 0 Å². The molecule has 1 N–H and O–H groups in total. The highest BCUT2D eigenvalue weighted by atomic mass is 32.2. The Bertz CT molecular complexity index is 271. The molecule has 2 rings (SSSR count). The van der Waals surface area contributed by atoms with Gasteiger partial charge in [0.05, 0.1) is 5.25 Å². The fourth-order valence-corrected chi connectivity index (χ4v) is 4.09. The molecule has 2 atom stereocenters. The molecule has 0 aromatic rings. The monoisotopic (exact) mass is 270 g/mol. The summed E-state index contributed by atoms with van der Waals surface area (Å²) in [7, 11) is 0. The lowest BCUT2D eigenvalue weighted by Gasteiger charge is -2.33. The van der Waals surface area contributed by atoms with Gasteiger partial charge in [-0.15, -0.1) is 11.8 Å². The molecule has 4 heteroatoms. The lowest BCUT2D eigenvalue weighted by Crippen LogP contribution is -2.48. The normalized spacial score (nSPS) is 28.6. The van der Waals surface area contributed by atoms with E-state index in [4.69, 9.17) is 0 Å². The Morgan fingerprint density at radius 3 is 2.72 bits per heavy atom. The zero-order valence-corrected chi connectivity index (χ0v) is 12.5. The number of amides is 1. The molecular formula is C14H26N2OS. The van der Waals surface area contributed by atoms with Gasteiger partial charge in [-0.2, -0.15) is 0 Å². The number of carbonyl (C=O) groups excluding carboxylic acids is 1. The largest absolute Gasteiger partial charge is 0.338 e. The highest BCUT2D eigenvalue weighted by Gasteiger charge is 2.30. The fraction of sp³-hybridized carbons (Fsp3) is 0.929. The maximum absolute atomic E-state index is 12.6. The average Bonchev–Trinajstić information content (AvgIpc) is 2.89. The van der Waals surface area contributed by atoms with Crippen LogP contribution in [-0.4, -0.2) is 47.0 Å². The molecule has 2 aliphatic rings. The van der Waals surface area contributed by atoms with Gasteiger partial charge in [-0.3, -0.25) is 4.79 Å². The van der Waals surface area contributed by atoms with Crippen LogP contribution in [0.15, 0.2) is 0 Å². The predicted molar refractivity (Wildman–Crippen MR) is 78.0 cm³/mol. The van der Waals surface area contributed by atoms with Crippen molar-refractivity contribution in [1.29, 1.82) is 0 Å². The van der Waals surface area contributed by atoms with Crippen molar-refractivity contribution in [1.82, 2.24) is 10.2 Å². The van der Waals surface area contributed by atoms with E-state index < -0.39 is 0 Å². The Labute approximate surface area is 115 Å². The Kier molecular flexibility index (Phi) is 5.37. The molecule has 0 aliphatic carbocycles. The molecule has 2 aliphatic heterocycles. The summed E-state index contributed by atoms with van der Waals surface area (Å²) >= 11 is 1.86. The van der Waals surface area contributed by atoms with Gasteiger partial charge < -0.3 is 10.2 Å². The minimum absolute atomic E-state index is 0.225. The molecule has 0 saturated carbocycles. The van der Waals surface area contributed by atoms with Crippen molar-refractivity contribution in [3.63, 3.8) is 0 Å². The Morgan fingerprint density at radius 1 is 1.33 bits per heavy atom. The minimum atomic E-state index is 0.225. The van der Waals surface area contributed by atoms with E-state index in [9.17, 15) is 4.79 Å². The summed E-state index contributed by atoms with van der Waals surface area (Å²) in [4.78, 5) is 14.7. The SMILES string of the molecule is CC(C)N(CC1CCCN1)C(=O)C1CCCCS1. The molecule has 2 saturated heterocycles. The Balaban J connectivity index is 1.92. The standard InChI is InChI=1S/C14H26N2OS/c1-11(2)16(10-12-6-5-8-15-12)14(17)13-7-3-4-9-18-13/h11-13,15H,3-10H2,1-2H3. The van der Waals surface area contributed by atoms with Crippen molar-refractivity contribution in [2.24, 2.45) is 0 Å². The van der Waals surface area contributed by atoms with Crippen molar-refractivity contribution < 1.29 is 4.79 Å². The highest BCUT2D eigenvalue weighted by Crippen LogP contribution is 2.27. The van der Waals surface area contributed by atoms with Crippen LogP contribution in [0.4, 0.5) is 0 Å². The highest BCUT2D eigenvalue weighted by molar-refractivity contribution is 8.00. The quantitative estimate of drug-likeness (QED) is 0.850. The van der Waals surface area contributed by atoms with Gasteiger partial charge in [0.2, 0.25) is 5.91 Å². The molecule has 0 spiro atoms. The van der Waals surface area contributed by atoms with Crippen LogP contribution in [-0.2, 0) is 4.79 Å². The van der Waals surface area contributed by atoms with Gasteiger partial charge in [0, 0.05) is 18.6 Å². The molecule has 2 unspecified atom stereocenters. The molecule has 2 fully saturated rings. The van der Waals surface area contributed by atoms with Gasteiger partial charge in [0.15, 0.2) is 0 Å². The van der Waals surface area contributed by atoms with Crippen molar-refractivity contribution in [3.8, 4) is 0 Å². The van der Waals surface area contributed by atoms with E-state index in [1.54, 1.807) is 0 Å².